The van der Waals surface area contributed by atoms with E-state index in [-0.39, 0.29) is 0 Å². The third kappa shape index (κ3) is 1.98. The highest BCUT2D eigenvalue weighted by atomic mass is 32.1. The molecule has 1 aliphatic heterocycles. The Morgan fingerprint density at radius 2 is 2.31 bits per heavy atom. The van der Waals surface area contributed by atoms with Gasteiger partial charge in [-0.2, -0.15) is 0 Å². The lowest BCUT2D eigenvalue weighted by atomic mass is 10.2. The predicted octanol–water partition coefficient (Wildman–Crippen LogP) is 2.14. The SMILES string of the molecule is Cc1nc(/C=C2/CCNC2)sc1C. The predicted molar refractivity (Wildman–Crippen MR) is 57.1 cm³/mol. The molecule has 1 aromatic heterocycles. The van der Waals surface area contributed by atoms with Crippen molar-refractivity contribution in [2.45, 2.75) is 20.3 Å². The molecule has 0 amide bonds. The van der Waals surface area contributed by atoms with E-state index in [1.807, 2.05) is 0 Å². The summed E-state index contributed by atoms with van der Waals surface area (Å²) >= 11 is 1.79. The van der Waals surface area contributed by atoms with Gasteiger partial charge >= 0.3 is 0 Å². The summed E-state index contributed by atoms with van der Waals surface area (Å²) in [5.41, 5.74) is 2.65. The van der Waals surface area contributed by atoms with E-state index in [1.165, 1.54) is 22.6 Å². The molecule has 70 valence electrons. The number of nitrogens with zero attached hydrogens (tertiary/aromatic N) is 1. The summed E-state index contributed by atoms with van der Waals surface area (Å²) in [6, 6.07) is 0. The molecule has 0 atom stereocenters. The number of thiazole rings is 1. The zero-order valence-electron chi connectivity index (χ0n) is 8.05. The Balaban J connectivity index is 2.21. The number of rotatable bonds is 1. The summed E-state index contributed by atoms with van der Waals surface area (Å²) in [6.07, 6.45) is 3.41. The molecule has 2 nitrogen and oxygen atoms in total. The summed E-state index contributed by atoms with van der Waals surface area (Å²) in [6.45, 7) is 6.36. The van der Waals surface area contributed by atoms with Crippen LogP contribution in [0.3, 0.4) is 0 Å². The molecule has 13 heavy (non-hydrogen) atoms. The van der Waals surface area contributed by atoms with Crippen LogP contribution in [0, 0.1) is 13.8 Å². The van der Waals surface area contributed by atoms with Crippen molar-refractivity contribution in [3.63, 3.8) is 0 Å². The van der Waals surface area contributed by atoms with E-state index in [9.17, 15) is 0 Å². The first-order valence-corrected chi connectivity index (χ1v) is 5.41. The fraction of sp³-hybridized carbons (Fsp3) is 0.500. The standard InChI is InChI=1S/C10H14N2S/c1-7-8(2)13-10(12-7)5-9-3-4-11-6-9/h5,11H,3-4,6H2,1-2H3/b9-5-. The van der Waals surface area contributed by atoms with Crippen molar-refractivity contribution in [1.29, 1.82) is 0 Å². The lowest BCUT2D eigenvalue weighted by Gasteiger charge is -1.90. The van der Waals surface area contributed by atoms with Crippen LogP contribution in [0.5, 0.6) is 0 Å². The monoisotopic (exact) mass is 194 g/mol. The molecule has 0 aromatic carbocycles. The Hall–Kier alpha value is -0.670. The van der Waals surface area contributed by atoms with Gasteiger partial charge in [0.2, 0.25) is 0 Å². The second kappa shape index (κ2) is 3.60. The molecule has 1 aromatic rings. The average molecular weight is 194 g/mol. The second-order valence-corrected chi connectivity index (χ2v) is 4.66. The van der Waals surface area contributed by atoms with Crippen LogP contribution in [0.2, 0.25) is 0 Å². The average Bonchev–Trinajstić information content (AvgIpc) is 2.64. The van der Waals surface area contributed by atoms with Gasteiger partial charge in [0, 0.05) is 11.4 Å². The molecule has 0 aliphatic carbocycles. The third-order valence-electron chi connectivity index (χ3n) is 2.35. The minimum absolute atomic E-state index is 1.04. The Kier molecular flexibility index (Phi) is 2.47. The Morgan fingerprint density at radius 1 is 1.46 bits per heavy atom. The highest BCUT2D eigenvalue weighted by Gasteiger charge is 2.07. The van der Waals surface area contributed by atoms with Gasteiger partial charge in [-0.25, -0.2) is 4.98 Å². The zero-order chi connectivity index (χ0) is 9.26. The second-order valence-electron chi connectivity index (χ2n) is 3.42. The number of hydrogen-bond donors (Lipinski definition) is 1. The molecule has 0 unspecified atom stereocenters. The van der Waals surface area contributed by atoms with E-state index in [4.69, 9.17) is 0 Å². The lowest BCUT2D eigenvalue weighted by Crippen LogP contribution is -2.04. The van der Waals surface area contributed by atoms with Crippen LogP contribution in [-0.4, -0.2) is 18.1 Å². The fourth-order valence-corrected chi connectivity index (χ4v) is 2.36. The summed E-state index contributed by atoms with van der Waals surface area (Å²) in [5, 5.41) is 4.48. The number of nitrogens with one attached hydrogen (secondary N) is 1. The normalized spacial score (nSPS) is 20.0. The van der Waals surface area contributed by atoms with Gasteiger partial charge in [-0.05, 0) is 32.9 Å². The minimum atomic E-state index is 1.04. The molecule has 0 bridgehead atoms. The molecule has 3 heteroatoms. The number of aryl methyl sites for hydroxylation is 2. The van der Waals surface area contributed by atoms with Crippen LogP contribution in [0.4, 0.5) is 0 Å². The molecule has 2 rings (SSSR count). The van der Waals surface area contributed by atoms with Gasteiger partial charge in [0.1, 0.15) is 5.01 Å². The van der Waals surface area contributed by atoms with Crippen molar-refractivity contribution in [2.75, 3.05) is 13.1 Å². The van der Waals surface area contributed by atoms with Gasteiger partial charge < -0.3 is 5.32 Å². The van der Waals surface area contributed by atoms with E-state index in [0.29, 0.717) is 0 Å². The van der Waals surface area contributed by atoms with Crippen LogP contribution >= 0.6 is 11.3 Å². The largest absolute Gasteiger partial charge is 0.313 e. The van der Waals surface area contributed by atoms with Crippen LogP contribution in [0.25, 0.3) is 6.08 Å². The fourth-order valence-electron chi connectivity index (χ4n) is 1.44. The molecule has 2 heterocycles. The lowest BCUT2D eigenvalue weighted by molar-refractivity contribution is 0.862. The zero-order valence-corrected chi connectivity index (χ0v) is 8.87. The van der Waals surface area contributed by atoms with E-state index in [1.54, 1.807) is 11.3 Å². The topological polar surface area (TPSA) is 24.9 Å². The highest BCUT2D eigenvalue weighted by molar-refractivity contribution is 7.12. The van der Waals surface area contributed by atoms with E-state index >= 15 is 0 Å². The van der Waals surface area contributed by atoms with Gasteiger partial charge in [0.15, 0.2) is 0 Å². The first-order chi connectivity index (χ1) is 6.25. The maximum absolute atomic E-state index is 4.49. The quantitative estimate of drug-likeness (QED) is 0.741. The maximum Gasteiger partial charge on any atom is 0.116 e. The van der Waals surface area contributed by atoms with E-state index < -0.39 is 0 Å². The van der Waals surface area contributed by atoms with Crippen LogP contribution < -0.4 is 5.32 Å². The van der Waals surface area contributed by atoms with E-state index in [2.05, 4.69) is 30.2 Å². The summed E-state index contributed by atoms with van der Waals surface area (Å²) in [4.78, 5) is 5.82. The van der Waals surface area contributed by atoms with Crippen LogP contribution in [0.15, 0.2) is 5.57 Å². The van der Waals surface area contributed by atoms with Crippen molar-refractivity contribution in [1.82, 2.24) is 10.3 Å². The summed E-state index contributed by atoms with van der Waals surface area (Å²) in [5.74, 6) is 0. The first kappa shape index (κ1) is 8.91. The van der Waals surface area contributed by atoms with Gasteiger partial charge in [-0.1, -0.05) is 5.57 Å². The molecular weight excluding hydrogens is 180 g/mol. The van der Waals surface area contributed by atoms with Gasteiger partial charge in [0.05, 0.1) is 5.69 Å². The van der Waals surface area contributed by atoms with Crippen molar-refractivity contribution in [3.05, 3.63) is 21.2 Å². The molecule has 1 aliphatic rings. The minimum Gasteiger partial charge on any atom is -0.313 e. The molecule has 0 radical (unpaired) electrons. The number of aromatic nitrogens is 1. The molecule has 0 spiro atoms. The van der Waals surface area contributed by atoms with Crippen LogP contribution in [0.1, 0.15) is 22.0 Å². The smallest absolute Gasteiger partial charge is 0.116 e. The molecule has 1 fully saturated rings. The summed E-state index contributed by atoms with van der Waals surface area (Å²) in [7, 11) is 0. The summed E-state index contributed by atoms with van der Waals surface area (Å²) < 4.78 is 0. The Morgan fingerprint density at radius 3 is 2.85 bits per heavy atom. The Bertz CT molecular complexity index is 311. The number of hydrogen-bond acceptors (Lipinski definition) is 3. The third-order valence-corrected chi connectivity index (χ3v) is 3.37. The maximum atomic E-state index is 4.49. The van der Waals surface area contributed by atoms with Crippen molar-refractivity contribution in [3.8, 4) is 0 Å². The van der Waals surface area contributed by atoms with Gasteiger partial charge in [-0.15, -0.1) is 11.3 Å². The molecule has 1 saturated heterocycles. The van der Waals surface area contributed by atoms with Crippen LogP contribution in [-0.2, 0) is 0 Å². The van der Waals surface area contributed by atoms with Gasteiger partial charge in [0.25, 0.3) is 0 Å². The first-order valence-electron chi connectivity index (χ1n) is 4.60. The molecule has 0 saturated carbocycles. The van der Waals surface area contributed by atoms with Gasteiger partial charge in [-0.3, -0.25) is 0 Å². The van der Waals surface area contributed by atoms with Crippen molar-refractivity contribution >= 4 is 17.4 Å². The Labute approximate surface area is 82.7 Å². The highest BCUT2D eigenvalue weighted by Crippen LogP contribution is 2.20. The van der Waals surface area contributed by atoms with Crippen molar-refractivity contribution < 1.29 is 0 Å². The van der Waals surface area contributed by atoms with Crippen molar-refractivity contribution in [2.24, 2.45) is 0 Å². The molecular formula is C10H14N2S. The molecule has 1 N–H and O–H groups in total. The van der Waals surface area contributed by atoms with E-state index in [0.717, 1.165) is 18.1 Å².